The summed E-state index contributed by atoms with van der Waals surface area (Å²) in [6.45, 7) is 3.52. The van der Waals surface area contributed by atoms with Gasteiger partial charge in [-0.25, -0.2) is 0 Å². The number of hydrogen-bond acceptors (Lipinski definition) is 2. The molecule has 1 aliphatic carbocycles. The zero-order valence-electron chi connectivity index (χ0n) is 14.3. The minimum Gasteiger partial charge on any atom is -0.353 e. The molecule has 0 radical (unpaired) electrons. The monoisotopic (exact) mass is 392 g/mol. The highest BCUT2D eigenvalue weighted by Gasteiger charge is 2.39. The molecule has 6 heteroatoms. The summed E-state index contributed by atoms with van der Waals surface area (Å²) in [6.07, 6.45) is 2.61. The van der Waals surface area contributed by atoms with Gasteiger partial charge in [0.2, 0.25) is 5.91 Å². The van der Waals surface area contributed by atoms with Crippen LogP contribution in [0.4, 0.5) is 0 Å². The molecule has 3 unspecified atom stereocenters. The molecule has 2 N–H and O–H groups in total. The number of guanidine groups is 1. The van der Waals surface area contributed by atoms with Gasteiger partial charge in [0.25, 0.3) is 0 Å². The molecular formula is C18H25BrN4O. The molecule has 1 aromatic rings. The van der Waals surface area contributed by atoms with Gasteiger partial charge < -0.3 is 15.5 Å². The minimum absolute atomic E-state index is 0.229. The zero-order chi connectivity index (χ0) is 17.1. The van der Waals surface area contributed by atoms with Crippen molar-refractivity contribution in [3.8, 4) is 0 Å². The average molecular weight is 393 g/mol. The summed E-state index contributed by atoms with van der Waals surface area (Å²) in [5.41, 5.74) is 1.37. The summed E-state index contributed by atoms with van der Waals surface area (Å²) in [5, 5.41) is 7.05. The van der Waals surface area contributed by atoms with Crippen molar-refractivity contribution in [1.29, 1.82) is 0 Å². The van der Waals surface area contributed by atoms with E-state index in [4.69, 9.17) is 0 Å². The van der Waals surface area contributed by atoms with E-state index in [1.165, 1.54) is 5.56 Å². The zero-order valence-corrected chi connectivity index (χ0v) is 15.8. The number of carbonyl (C=O) groups excluding carboxylic acids is 1. The number of hydrogen-bond donors (Lipinski definition) is 2. The molecule has 1 amide bonds. The van der Waals surface area contributed by atoms with E-state index < -0.39 is 0 Å². The Morgan fingerprint density at radius 1 is 1.33 bits per heavy atom. The molecule has 5 nitrogen and oxygen atoms in total. The Bertz CT molecular complexity index is 616. The first-order valence-corrected chi connectivity index (χ1v) is 9.43. The van der Waals surface area contributed by atoms with Gasteiger partial charge in [-0.3, -0.25) is 9.79 Å². The molecule has 24 heavy (non-hydrogen) atoms. The normalized spacial score (nSPS) is 27.1. The Labute approximate surface area is 152 Å². The molecule has 130 valence electrons. The van der Waals surface area contributed by atoms with E-state index in [0.717, 1.165) is 36.4 Å². The summed E-state index contributed by atoms with van der Waals surface area (Å²) in [5.74, 6) is 1.65. The van der Waals surface area contributed by atoms with Gasteiger partial charge in [0.15, 0.2) is 5.96 Å². The Kier molecular flexibility index (Phi) is 5.43. The Balaban J connectivity index is 1.55. The fourth-order valence-corrected chi connectivity index (χ4v) is 3.49. The first kappa shape index (κ1) is 17.3. The van der Waals surface area contributed by atoms with E-state index in [0.29, 0.717) is 18.4 Å². The summed E-state index contributed by atoms with van der Waals surface area (Å²) in [4.78, 5) is 18.0. The number of piperidine rings is 1. The number of likely N-dealkylation sites (N-methyl/N-ethyl adjacent to an activating group) is 1. The lowest BCUT2D eigenvalue weighted by atomic mass is 10.1. The number of halogens is 1. The maximum absolute atomic E-state index is 11.6. The fourth-order valence-electron chi connectivity index (χ4n) is 3.22. The van der Waals surface area contributed by atoms with Crippen LogP contribution < -0.4 is 10.6 Å². The van der Waals surface area contributed by atoms with Gasteiger partial charge in [-0.15, -0.1) is 0 Å². The second-order valence-electron chi connectivity index (χ2n) is 6.62. The molecule has 1 aliphatic heterocycles. The van der Waals surface area contributed by atoms with Crippen LogP contribution in [0.1, 0.15) is 37.7 Å². The molecule has 1 saturated heterocycles. The lowest BCUT2D eigenvalue weighted by molar-refractivity contribution is -0.132. The van der Waals surface area contributed by atoms with E-state index in [2.05, 4.69) is 55.8 Å². The van der Waals surface area contributed by atoms with Gasteiger partial charge in [-0.2, -0.15) is 0 Å². The van der Waals surface area contributed by atoms with Crippen molar-refractivity contribution in [2.45, 2.75) is 44.2 Å². The van der Waals surface area contributed by atoms with Crippen molar-refractivity contribution >= 4 is 27.8 Å². The molecular weight excluding hydrogens is 368 g/mol. The lowest BCUT2D eigenvalue weighted by Gasteiger charge is -2.31. The number of nitrogens with one attached hydrogen (secondary N) is 2. The molecule has 2 fully saturated rings. The van der Waals surface area contributed by atoms with Crippen LogP contribution in [0, 0.1) is 0 Å². The minimum atomic E-state index is 0.229. The largest absolute Gasteiger partial charge is 0.353 e. The van der Waals surface area contributed by atoms with Gasteiger partial charge in [0.05, 0.1) is 0 Å². The predicted octanol–water partition coefficient (Wildman–Crippen LogP) is 2.48. The van der Waals surface area contributed by atoms with Crippen LogP contribution >= 0.6 is 15.9 Å². The number of amides is 1. The quantitative estimate of drug-likeness (QED) is 0.611. The third kappa shape index (κ3) is 4.29. The number of carbonyl (C=O) groups is 1. The SMILES string of the molecule is CCN=C(NC1CCC(=O)N(C)C1)NC1CC1c1ccc(Br)cc1. The molecule has 3 rings (SSSR count). The van der Waals surface area contributed by atoms with Crippen LogP contribution in [0.5, 0.6) is 0 Å². The Hall–Kier alpha value is -1.56. The van der Waals surface area contributed by atoms with Crippen LogP contribution in [-0.2, 0) is 4.79 Å². The van der Waals surface area contributed by atoms with Crippen molar-refractivity contribution in [2.24, 2.45) is 4.99 Å². The maximum Gasteiger partial charge on any atom is 0.222 e. The highest BCUT2D eigenvalue weighted by atomic mass is 79.9. The van der Waals surface area contributed by atoms with Crippen LogP contribution in [0.25, 0.3) is 0 Å². The summed E-state index contributed by atoms with van der Waals surface area (Å²) >= 11 is 3.48. The average Bonchev–Trinajstić information content (AvgIpc) is 3.31. The third-order valence-electron chi connectivity index (χ3n) is 4.69. The molecule has 0 bridgehead atoms. The fraction of sp³-hybridized carbons (Fsp3) is 0.556. The second-order valence-corrected chi connectivity index (χ2v) is 7.54. The highest BCUT2D eigenvalue weighted by molar-refractivity contribution is 9.10. The second kappa shape index (κ2) is 7.55. The van der Waals surface area contributed by atoms with E-state index >= 15 is 0 Å². The van der Waals surface area contributed by atoms with Crippen molar-refractivity contribution in [2.75, 3.05) is 20.1 Å². The molecule has 0 spiro atoms. The number of aliphatic imine (C=N–C) groups is 1. The standard InChI is InChI=1S/C18H25BrN4O/c1-3-20-18(21-14-8-9-17(24)23(2)11-14)22-16-10-15(16)12-4-6-13(19)7-5-12/h4-7,14-16H,3,8-11H2,1-2H3,(H2,20,21,22). The van der Waals surface area contributed by atoms with Crippen LogP contribution in [0.15, 0.2) is 33.7 Å². The van der Waals surface area contributed by atoms with E-state index in [-0.39, 0.29) is 11.9 Å². The maximum atomic E-state index is 11.6. The van der Waals surface area contributed by atoms with Crippen molar-refractivity contribution < 1.29 is 4.79 Å². The van der Waals surface area contributed by atoms with Crippen LogP contribution in [-0.4, -0.2) is 49.0 Å². The number of rotatable bonds is 4. The molecule has 3 atom stereocenters. The van der Waals surface area contributed by atoms with E-state index in [9.17, 15) is 4.79 Å². The summed E-state index contributed by atoms with van der Waals surface area (Å²) in [6, 6.07) is 9.27. The third-order valence-corrected chi connectivity index (χ3v) is 5.22. The van der Waals surface area contributed by atoms with Gasteiger partial charge >= 0.3 is 0 Å². The molecule has 1 saturated carbocycles. The van der Waals surface area contributed by atoms with Crippen LogP contribution in [0.3, 0.4) is 0 Å². The molecule has 1 heterocycles. The summed E-state index contributed by atoms with van der Waals surface area (Å²) < 4.78 is 1.11. The van der Waals surface area contributed by atoms with Gasteiger partial charge in [0.1, 0.15) is 0 Å². The molecule has 1 aromatic carbocycles. The smallest absolute Gasteiger partial charge is 0.222 e. The van der Waals surface area contributed by atoms with Crippen molar-refractivity contribution in [3.05, 3.63) is 34.3 Å². The van der Waals surface area contributed by atoms with Gasteiger partial charge in [0, 0.05) is 49.0 Å². The van der Waals surface area contributed by atoms with E-state index in [1.807, 2.05) is 14.0 Å². The van der Waals surface area contributed by atoms with Crippen molar-refractivity contribution in [1.82, 2.24) is 15.5 Å². The molecule has 0 aromatic heterocycles. The topological polar surface area (TPSA) is 56.7 Å². The predicted molar refractivity (Wildman–Crippen MR) is 100 cm³/mol. The number of likely N-dealkylation sites (tertiary alicyclic amines) is 1. The molecule has 2 aliphatic rings. The first-order chi connectivity index (χ1) is 11.6. The van der Waals surface area contributed by atoms with Gasteiger partial charge in [-0.1, -0.05) is 28.1 Å². The Morgan fingerprint density at radius 3 is 2.75 bits per heavy atom. The highest BCUT2D eigenvalue weighted by Crippen LogP contribution is 2.41. The number of nitrogens with zero attached hydrogens (tertiary/aromatic N) is 2. The first-order valence-electron chi connectivity index (χ1n) is 8.63. The number of benzene rings is 1. The Morgan fingerprint density at radius 2 is 2.08 bits per heavy atom. The van der Waals surface area contributed by atoms with E-state index in [1.54, 1.807) is 4.90 Å². The van der Waals surface area contributed by atoms with Crippen LogP contribution in [0.2, 0.25) is 0 Å². The lowest BCUT2D eigenvalue weighted by Crippen LogP contribution is -2.52. The van der Waals surface area contributed by atoms with Gasteiger partial charge in [-0.05, 0) is 37.5 Å². The summed E-state index contributed by atoms with van der Waals surface area (Å²) in [7, 11) is 1.87. The van der Waals surface area contributed by atoms with Crippen molar-refractivity contribution in [3.63, 3.8) is 0 Å².